The zero-order valence-corrected chi connectivity index (χ0v) is 20.7. The highest BCUT2D eigenvalue weighted by Gasteiger charge is 2.44. The molecule has 4 aromatic rings. The number of nitrogens with zero attached hydrogens (tertiary/aromatic N) is 7. The molecule has 6 heterocycles. The van der Waals surface area contributed by atoms with Crippen LogP contribution in [-0.2, 0) is 4.79 Å². The Morgan fingerprint density at radius 1 is 1.14 bits per heavy atom. The van der Waals surface area contributed by atoms with Crippen LogP contribution in [0.5, 0.6) is 0 Å². The Morgan fingerprint density at radius 3 is 2.49 bits per heavy atom. The number of hydrogen-bond donors (Lipinski definition) is 2. The van der Waals surface area contributed by atoms with Crippen LogP contribution in [0, 0.1) is 6.92 Å². The highest BCUT2D eigenvalue weighted by molar-refractivity contribution is 6.00. The third-order valence-corrected chi connectivity index (χ3v) is 7.62. The Bertz CT molecular complexity index is 1510. The van der Waals surface area contributed by atoms with Gasteiger partial charge in [0.15, 0.2) is 17.2 Å². The van der Waals surface area contributed by atoms with Gasteiger partial charge in [-0.15, -0.1) is 0 Å². The van der Waals surface area contributed by atoms with E-state index in [9.17, 15) is 14.7 Å². The number of pyridine rings is 1. The number of ketones is 1. The number of amides is 1. The molecule has 4 aromatic heterocycles. The molecule has 0 aliphatic carbocycles. The average molecular weight is 501 g/mol. The van der Waals surface area contributed by atoms with E-state index in [2.05, 4.69) is 15.2 Å². The summed E-state index contributed by atoms with van der Waals surface area (Å²) in [5.41, 5.74) is 10.6. The molecule has 2 aliphatic heterocycles. The fraction of sp³-hybridized carbons (Fsp3) is 0.385. The summed E-state index contributed by atoms with van der Waals surface area (Å²) >= 11 is 0. The summed E-state index contributed by atoms with van der Waals surface area (Å²) in [7, 11) is 0. The summed E-state index contributed by atoms with van der Waals surface area (Å²) in [4.78, 5) is 36.4. The number of carbonyl (C=O) groups excluding carboxylic acids is 2. The molecule has 6 rings (SSSR count). The molecule has 11 heteroatoms. The molecule has 0 saturated carbocycles. The number of aromatic nitrogens is 6. The Hall–Kier alpha value is -4.12. The normalized spacial score (nSPS) is 21.1. The van der Waals surface area contributed by atoms with E-state index >= 15 is 0 Å². The van der Waals surface area contributed by atoms with Crippen LogP contribution in [0.15, 0.2) is 36.8 Å². The number of hydrogen-bond acceptors (Lipinski definition) is 8. The predicted octanol–water partition coefficient (Wildman–Crippen LogP) is 2.30. The number of aliphatic hydroxyl groups excluding tert-OH is 1. The molecule has 3 N–H and O–H groups in total. The number of carbonyl (C=O) groups is 2. The van der Waals surface area contributed by atoms with Crippen molar-refractivity contribution in [3.63, 3.8) is 0 Å². The van der Waals surface area contributed by atoms with E-state index in [4.69, 9.17) is 10.7 Å². The third-order valence-electron chi connectivity index (χ3n) is 7.62. The molecule has 0 aromatic carbocycles. The first-order chi connectivity index (χ1) is 17.9. The Labute approximate surface area is 212 Å². The van der Waals surface area contributed by atoms with Crippen LogP contribution in [0.3, 0.4) is 0 Å². The zero-order chi connectivity index (χ0) is 25.8. The van der Waals surface area contributed by atoms with Crippen molar-refractivity contribution in [2.75, 3.05) is 12.3 Å². The molecule has 11 nitrogen and oxygen atoms in total. The van der Waals surface area contributed by atoms with Crippen molar-refractivity contribution >= 4 is 23.2 Å². The highest BCUT2D eigenvalue weighted by atomic mass is 16.3. The van der Waals surface area contributed by atoms with Crippen molar-refractivity contribution in [3.05, 3.63) is 53.7 Å². The number of fused-ring (bicyclic) bond motifs is 3. The quantitative estimate of drug-likeness (QED) is 0.397. The summed E-state index contributed by atoms with van der Waals surface area (Å²) in [5.74, 6) is 0.523. The number of nitrogen functional groups attached to an aromatic ring is 1. The Kier molecular flexibility index (Phi) is 5.52. The second kappa shape index (κ2) is 8.77. The Morgan fingerprint density at radius 2 is 1.89 bits per heavy atom. The lowest BCUT2D eigenvalue weighted by Crippen LogP contribution is -2.47. The van der Waals surface area contributed by atoms with Gasteiger partial charge >= 0.3 is 0 Å². The Balaban J connectivity index is 1.41. The van der Waals surface area contributed by atoms with E-state index in [0.717, 1.165) is 29.7 Å². The first-order valence-electron chi connectivity index (χ1n) is 12.4. The lowest BCUT2D eigenvalue weighted by atomic mass is 9.85. The molecule has 2 aliphatic rings. The van der Waals surface area contributed by atoms with E-state index in [1.807, 2.05) is 36.2 Å². The topological polar surface area (TPSA) is 145 Å². The summed E-state index contributed by atoms with van der Waals surface area (Å²) < 4.78 is 3.23. The number of Topliss-reactive ketones (excluding diaryl/α,β-unsaturated/α-hetero) is 1. The van der Waals surface area contributed by atoms with Crippen LogP contribution in [0.25, 0.3) is 22.6 Å². The molecular formula is C26H28N8O3. The van der Waals surface area contributed by atoms with Crippen molar-refractivity contribution in [2.24, 2.45) is 0 Å². The maximum absolute atomic E-state index is 12.7. The second-order valence-corrected chi connectivity index (χ2v) is 9.93. The summed E-state index contributed by atoms with van der Waals surface area (Å²) in [6, 6.07) is 5.78. The number of nitrogens with two attached hydrogens (primary N) is 1. The van der Waals surface area contributed by atoms with Crippen LogP contribution < -0.4 is 5.73 Å². The summed E-state index contributed by atoms with van der Waals surface area (Å²) in [6.07, 6.45) is 8.41. The molecule has 37 heavy (non-hydrogen) atoms. The van der Waals surface area contributed by atoms with Crippen molar-refractivity contribution in [1.29, 1.82) is 0 Å². The predicted molar refractivity (Wildman–Crippen MR) is 135 cm³/mol. The van der Waals surface area contributed by atoms with Crippen LogP contribution in [-0.4, -0.2) is 69.7 Å². The molecule has 1 unspecified atom stereocenters. The molecule has 2 fully saturated rings. The van der Waals surface area contributed by atoms with Crippen LogP contribution in [0.2, 0.25) is 0 Å². The number of aryl methyl sites for hydroxylation is 1. The monoisotopic (exact) mass is 500 g/mol. The van der Waals surface area contributed by atoms with E-state index < -0.39 is 6.61 Å². The van der Waals surface area contributed by atoms with E-state index in [-0.39, 0.29) is 35.5 Å². The van der Waals surface area contributed by atoms with Gasteiger partial charge in [-0.1, -0.05) is 0 Å². The van der Waals surface area contributed by atoms with E-state index in [1.165, 1.54) is 11.4 Å². The van der Waals surface area contributed by atoms with Gasteiger partial charge in [-0.05, 0) is 57.7 Å². The van der Waals surface area contributed by atoms with Crippen molar-refractivity contribution < 1.29 is 14.7 Å². The van der Waals surface area contributed by atoms with E-state index in [0.29, 0.717) is 35.6 Å². The van der Waals surface area contributed by atoms with Gasteiger partial charge in [-0.2, -0.15) is 14.7 Å². The summed E-state index contributed by atoms with van der Waals surface area (Å²) in [6.45, 7) is 2.93. The van der Waals surface area contributed by atoms with Crippen LogP contribution in [0.1, 0.15) is 60.3 Å². The number of piperidine rings is 1. The van der Waals surface area contributed by atoms with Gasteiger partial charge in [0, 0.05) is 41.5 Å². The minimum absolute atomic E-state index is 0.0227. The van der Waals surface area contributed by atoms with Crippen LogP contribution in [0.4, 0.5) is 5.82 Å². The van der Waals surface area contributed by atoms with Gasteiger partial charge in [-0.25, -0.2) is 14.6 Å². The minimum Gasteiger partial charge on any atom is -0.387 e. The third kappa shape index (κ3) is 3.77. The van der Waals surface area contributed by atoms with Gasteiger partial charge < -0.3 is 15.7 Å². The maximum atomic E-state index is 12.7. The number of anilines is 1. The minimum atomic E-state index is -0.487. The molecule has 2 bridgehead atoms. The smallest absolute Gasteiger partial charge is 0.248 e. The lowest BCUT2D eigenvalue weighted by Gasteiger charge is -2.39. The summed E-state index contributed by atoms with van der Waals surface area (Å²) in [5, 5.41) is 18.3. The number of rotatable bonds is 5. The molecule has 1 amide bonds. The largest absolute Gasteiger partial charge is 0.387 e. The number of aliphatic hydroxyl groups is 1. The maximum Gasteiger partial charge on any atom is 0.248 e. The fourth-order valence-electron chi connectivity index (χ4n) is 6.01. The van der Waals surface area contributed by atoms with Gasteiger partial charge in [0.25, 0.3) is 0 Å². The van der Waals surface area contributed by atoms with Crippen molar-refractivity contribution in [3.8, 4) is 16.9 Å². The van der Waals surface area contributed by atoms with Gasteiger partial charge in [0.05, 0.1) is 23.1 Å². The van der Waals surface area contributed by atoms with Gasteiger partial charge in [-0.3, -0.25) is 9.59 Å². The van der Waals surface area contributed by atoms with Crippen LogP contribution >= 0.6 is 0 Å². The van der Waals surface area contributed by atoms with Crippen molar-refractivity contribution in [1.82, 2.24) is 34.3 Å². The zero-order valence-electron chi connectivity index (χ0n) is 20.7. The fourth-order valence-corrected chi connectivity index (χ4v) is 6.01. The SMILES string of the molecule is CC(=O)c1c(C2C[C@H]3CC[C@@H](C2)N3C(=O)CO)nc2c(-c3ccc(-n4ccc(C)n4)nc3)cnn2c1N. The molecule has 0 spiro atoms. The lowest BCUT2D eigenvalue weighted by molar-refractivity contribution is -0.138. The standard InChI is InChI=1S/C26H28N8O3/c1-14-7-8-32(31-14)21-6-3-16(11-28-21)20-12-29-34-25(27)23(15(2)36)24(30-26(20)34)17-9-18-4-5-19(10-17)33(18)22(37)13-35/h3,6-8,11-12,17-19,35H,4-5,9-10,13,27H2,1-2H3/t17?,18-,19+. The molecule has 2 saturated heterocycles. The first-order valence-corrected chi connectivity index (χ1v) is 12.4. The van der Waals surface area contributed by atoms with Crippen molar-refractivity contribution in [2.45, 2.75) is 57.5 Å². The molecule has 190 valence electrons. The molecule has 0 radical (unpaired) electrons. The van der Waals surface area contributed by atoms with Gasteiger partial charge in [0.1, 0.15) is 12.4 Å². The first kappa shape index (κ1) is 23.3. The average Bonchev–Trinajstić information content (AvgIpc) is 3.59. The molecule has 3 atom stereocenters. The second-order valence-electron chi connectivity index (χ2n) is 9.93. The van der Waals surface area contributed by atoms with Gasteiger partial charge in [0.2, 0.25) is 5.91 Å². The highest BCUT2D eigenvalue weighted by Crippen LogP contribution is 2.44. The van der Waals surface area contributed by atoms with E-state index in [1.54, 1.807) is 17.1 Å². The molecular weight excluding hydrogens is 472 g/mol.